The molecule has 0 aliphatic carbocycles. The fourth-order valence-corrected chi connectivity index (χ4v) is 13.0. The van der Waals surface area contributed by atoms with Crippen LogP contribution in [0.15, 0.2) is 85.1 Å². The van der Waals surface area contributed by atoms with Crippen molar-refractivity contribution in [2.75, 3.05) is 24.6 Å². The molecule has 2 aliphatic rings. The second-order valence-electron chi connectivity index (χ2n) is 24.5. The number of halogens is 3. The summed E-state index contributed by atoms with van der Waals surface area (Å²) in [5.41, 5.74) is 13.9. The molecular formula is C65H84F3N13O20S2. The van der Waals surface area contributed by atoms with E-state index in [0.717, 1.165) is 26.5 Å². The first-order chi connectivity index (χ1) is 48.6. The lowest BCUT2D eigenvalue weighted by Crippen LogP contribution is -2.62. The fraction of sp³-hybridized carbons (Fsp3) is 0.477. The summed E-state index contributed by atoms with van der Waals surface area (Å²) in [6.07, 6.45) is -7.52. The predicted molar refractivity (Wildman–Crippen MR) is 364 cm³/mol. The average molecular weight is 1490 g/mol. The summed E-state index contributed by atoms with van der Waals surface area (Å²) in [7, 11) is 1.65. The molecule has 20 N–H and O–H groups in total. The number of aliphatic carboxylic acids is 4. The minimum atomic E-state index is -5.08. The lowest BCUT2D eigenvalue weighted by Gasteiger charge is -2.31. The first kappa shape index (κ1) is 83.6. The van der Waals surface area contributed by atoms with Crippen LogP contribution in [0, 0.1) is 5.92 Å². The molecule has 3 heterocycles. The van der Waals surface area contributed by atoms with Crippen LogP contribution >= 0.6 is 21.6 Å². The second kappa shape index (κ2) is 40.0. The Kier molecular flexibility index (Phi) is 32.4. The molecule has 0 radical (unpaired) electrons. The van der Waals surface area contributed by atoms with Gasteiger partial charge in [0.1, 0.15) is 66.2 Å². The van der Waals surface area contributed by atoms with Crippen molar-refractivity contribution in [2.45, 2.75) is 164 Å². The van der Waals surface area contributed by atoms with Crippen LogP contribution in [-0.4, -0.2) is 227 Å². The lowest BCUT2D eigenvalue weighted by atomic mass is 10.0. The van der Waals surface area contributed by atoms with E-state index in [1.165, 1.54) is 45.0 Å². The van der Waals surface area contributed by atoms with Crippen LogP contribution in [0.2, 0.25) is 0 Å². The van der Waals surface area contributed by atoms with Gasteiger partial charge in [-0.1, -0.05) is 96.1 Å². The minimum Gasteiger partial charge on any atom is -0.508 e. The number of nitrogens with two attached hydrogens (primary N) is 2. The molecule has 2 saturated heterocycles. The maximum atomic E-state index is 15.1. The van der Waals surface area contributed by atoms with Gasteiger partial charge in [0.05, 0.1) is 18.6 Å². The maximum Gasteiger partial charge on any atom is 0.490 e. The number of alkyl halides is 3. The third-order valence-electron chi connectivity index (χ3n) is 16.2. The largest absolute Gasteiger partial charge is 0.508 e. The number of phenols is 1. The number of fused-ring (bicyclic) bond motifs is 1. The number of carbonyl (C=O) groups excluding carboxylic acids is 10. The van der Waals surface area contributed by atoms with Gasteiger partial charge in [0.25, 0.3) is 0 Å². The molecular weight excluding hydrogens is 1400 g/mol. The Morgan fingerprint density at radius 1 is 0.660 bits per heavy atom. The zero-order valence-electron chi connectivity index (χ0n) is 55.9. The number of aliphatic hydroxyl groups is 1. The maximum absolute atomic E-state index is 15.1. The number of nitrogens with zero attached hydrogens (tertiary/aromatic N) is 1. The number of nitrogens with one attached hydrogen (secondary N) is 10. The summed E-state index contributed by atoms with van der Waals surface area (Å²) >= 11 is 0. The molecule has 0 bridgehead atoms. The summed E-state index contributed by atoms with van der Waals surface area (Å²) < 4.78 is 31.7. The molecule has 1 aromatic heterocycles. The molecule has 2 aliphatic heterocycles. The van der Waals surface area contributed by atoms with Gasteiger partial charge in [-0.05, 0) is 86.4 Å². The molecule has 33 nitrogen and oxygen atoms in total. The van der Waals surface area contributed by atoms with E-state index in [0.29, 0.717) is 27.6 Å². The van der Waals surface area contributed by atoms with Crippen molar-refractivity contribution in [3.63, 3.8) is 0 Å². The molecule has 0 spiro atoms. The zero-order chi connectivity index (χ0) is 76.4. The normalized spacial score (nSPS) is 21.0. The first-order valence-electron chi connectivity index (χ1n) is 32.3. The van der Waals surface area contributed by atoms with Crippen molar-refractivity contribution in [1.29, 1.82) is 0 Å². The molecule has 6 rings (SSSR count). The van der Waals surface area contributed by atoms with Crippen LogP contribution in [0.5, 0.6) is 5.75 Å². The van der Waals surface area contributed by atoms with Gasteiger partial charge in [-0.3, -0.25) is 57.5 Å². The number of aliphatic hydroxyl groups excluding tert-OH is 1. The number of phenolic OH excluding ortho intramolecular Hbond substituents is 1. The number of amides is 10. The van der Waals surface area contributed by atoms with Crippen molar-refractivity contribution in [2.24, 2.45) is 17.4 Å². The number of hydrogen-bond acceptors (Lipinski definition) is 20. The molecule has 0 saturated carbocycles. The molecule has 103 heavy (non-hydrogen) atoms. The molecule has 4 aromatic rings. The Hall–Kier alpha value is -10.1. The molecule has 2 fully saturated rings. The highest BCUT2D eigenvalue weighted by Crippen LogP contribution is 2.26. The average Bonchev–Trinajstić information content (AvgIpc) is 1.73. The summed E-state index contributed by atoms with van der Waals surface area (Å²) in [5, 5.41) is 81.0. The monoisotopic (exact) mass is 1490 g/mol. The van der Waals surface area contributed by atoms with Crippen molar-refractivity contribution in [3.8, 4) is 5.75 Å². The van der Waals surface area contributed by atoms with Crippen molar-refractivity contribution in [3.05, 3.63) is 102 Å². The van der Waals surface area contributed by atoms with Gasteiger partial charge in [-0.2, -0.15) is 13.2 Å². The quantitative estimate of drug-likeness (QED) is 0.0329. The number of benzene rings is 3. The van der Waals surface area contributed by atoms with Gasteiger partial charge >= 0.3 is 30.1 Å². The zero-order valence-corrected chi connectivity index (χ0v) is 57.6. The number of rotatable bonds is 26. The number of aromatic amines is 1. The molecule has 12 atom stereocenters. The lowest BCUT2D eigenvalue weighted by molar-refractivity contribution is -0.192. The molecule has 0 unspecified atom stereocenters. The van der Waals surface area contributed by atoms with Crippen LogP contribution in [0.3, 0.4) is 0 Å². The molecule has 3 aromatic carbocycles. The number of H-pyrrole nitrogens is 1. The Balaban J connectivity index is 0.00000258. The van der Waals surface area contributed by atoms with Crippen molar-refractivity contribution < 1.29 is 111 Å². The van der Waals surface area contributed by atoms with Crippen LogP contribution in [0.1, 0.15) is 82.4 Å². The number of aromatic nitrogens is 1. The van der Waals surface area contributed by atoms with Crippen LogP contribution < -0.4 is 59.3 Å². The number of carbonyl (C=O) groups is 14. The van der Waals surface area contributed by atoms with Gasteiger partial charge in [0.15, 0.2) is 0 Å². The molecule has 562 valence electrons. The Morgan fingerprint density at radius 3 is 1.79 bits per heavy atom. The van der Waals surface area contributed by atoms with Crippen molar-refractivity contribution in [1.82, 2.24) is 57.7 Å². The minimum absolute atomic E-state index is 0.0402. The number of carboxylic acid groups (broad SMARTS) is 4. The van der Waals surface area contributed by atoms with E-state index in [1.807, 2.05) is 0 Å². The fourth-order valence-electron chi connectivity index (χ4n) is 10.6. The molecule has 38 heteroatoms. The number of aromatic hydroxyl groups is 1. The van der Waals surface area contributed by atoms with E-state index in [2.05, 4.69) is 52.8 Å². The highest BCUT2D eigenvalue weighted by molar-refractivity contribution is 8.76. The number of hydrogen-bond donors (Lipinski definition) is 18. The van der Waals surface area contributed by atoms with Gasteiger partial charge in [0, 0.05) is 60.8 Å². The van der Waals surface area contributed by atoms with Gasteiger partial charge in [0.2, 0.25) is 59.1 Å². The van der Waals surface area contributed by atoms with Gasteiger partial charge < -0.3 is 99.8 Å². The molecule has 10 amide bonds. The van der Waals surface area contributed by atoms with Gasteiger partial charge in [-0.15, -0.1) is 0 Å². The Morgan fingerprint density at radius 2 is 1.21 bits per heavy atom. The standard InChI is InChI=1S/C63H83N13O18S2.C2HF3O2/c1-32(2)51(63(93)94)74-60(90)47-31-96-95-30-46(72-58(88)45(28-50(81)82)71-61(91)48-16-10-24-76(48)62(92)52(33(3)77)75-53(83)39(65)21-22-49(79)80)59(89)69-42(25-34-11-5-4-6-12-34)55(85)70-44(27-36-29-66-40-14-8-7-13-38(36)40)57(87)67-41(15-9-23-64)54(84)68-43(56(86)73-47)26-35-17-19-37(78)20-18-35;3-2(4,5)1(6)7/h4-8,11-14,17-20,29,32-33,39,41-48,51-52,66,77-78H,9-10,15-16,21-28,30-31,64-65H2,1-3H3,(H,67,87)(H,68,84)(H,69,89)(H,70,85)(H,71,91)(H,72,88)(H,73,86)(H,74,90)(H,75,83)(H,79,80)(H,81,82)(H,93,94);(H,6,7)/t33-,39+,41+,42+,43+,44+,45+,46+,47+,48+,51+,52+;/m1./s1. The van der Waals surface area contributed by atoms with Crippen molar-refractivity contribution >= 4 is 115 Å². The van der Waals surface area contributed by atoms with E-state index in [9.17, 15) is 86.3 Å². The van der Waals surface area contributed by atoms with E-state index < -0.39 is 192 Å². The highest BCUT2D eigenvalue weighted by atomic mass is 33.1. The number of likely N-dealkylation sites (tertiary alicyclic amines) is 1. The van der Waals surface area contributed by atoms with E-state index in [-0.39, 0.29) is 70.2 Å². The van der Waals surface area contributed by atoms with Crippen LogP contribution in [0.25, 0.3) is 10.9 Å². The van der Waals surface area contributed by atoms with Crippen LogP contribution in [-0.2, 0) is 86.4 Å². The van der Waals surface area contributed by atoms with E-state index in [4.69, 9.17) is 26.5 Å². The SMILES string of the molecule is CC(C)[C@H](NC(=O)[C@@H]1CSSC[C@H](NC(=O)[C@H](CC(=O)O)NC(=O)[C@@H]2CCCN2C(=O)[C@@H](NC(=O)[C@@H](N)CCC(=O)O)[C@@H](C)O)C(=O)N[C@@H](Cc2ccccc2)C(=O)N[C@@H](Cc2c[nH]c3ccccc23)C(=O)N[C@@H](CCCN)C(=O)N[C@@H](Cc2ccc(O)cc2)C(=O)N1)C(=O)O.O=C(O)C(F)(F)F. The topological polar surface area (TPSA) is 540 Å². The Bertz CT molecular complexity index is 3670. The third-order valence-corrected chi connectivity index (χ3v) is 18.6. The number of para-hydroxylation sites is 1. The summed E-state index contributed by atoms with van der Waals surface area (Å²) in [6.45, 7) is 4.15. The predicted octanol–water partition coefficient (Wildman–Crippen LogP) is -1.19. The highest BCUT2D eigenvalue weighted by Gasteiger charge is 2.43. The first-order valence-corrected chi connectivity index (χ1v) is 34.8. The Labute approximate surface area is 594 Å². The van der Waals surface area contributed by atoms with E-state index >= 15 is 9.59 Å². The second-order valence-corrected chi connectivity index (χ2v) is 27.0. The summed E-state index contributed by atoms with van der Waals surface area (Å²) in [4.78, 5) is 194. The van der Waals surface area contributed by atoms with E-state index in [1.54, 1.807) is 60.8 Å². The summed E-state index contributed by atoms with van der Waals surface area (Å²) in [5.74, 6) is -18.8. The van der Waals surface area contributed by atoms with Crippen LogP contribution in [0.4, 0.5) is 13.2 Å². The summed E-state index contributed by atoms with van der Waals surface area (Å²) in [6, 6.07) is 3.54. The third kappa shape index (κ3) is 26.4. The number of carboxylic acids is 4. The van der Waals surface area contributed by atoms with Gasteiger partial charge in [-0.25, -0.2) is 9.59 Å². The smallest absolute Gasteiger partial charge is 0.490 e.